The van der Waals surface area contributed by atoms with E-state index in [1.807, 2.05) is 5.43 Å². The van der Waals surface area contributed by atoms with Crippen molar-refractivity contribution in [1.82, 2.24) is 10.9 Å². The van der Waals surface area contributed by atoms with Crippen LogP contribution in [0.25, 0.3) is 0 Å². The highest BCUT2D eigenvalue weighted by Gasteiger charge is 2.06. The lowest BCUT2D eigenvalue weighted by atomic mass is 10.2. The number of amides is 2. The number of benzene rings is 1. The third kappa shape index (κ3) is 4.90. The molecule has 0 saturated carbocycles. The first-order valence-corrected chi connectivity index (χ1v) is 5.18. The lowest BCUT2D eigenvalue weighted by Gasteiger charge is -2.06. The topological polar surface area (TPSA) is 105 Å². The van der Waals surface area contributed by atoms with E-state index in [0.29, 0.717) is 17.4 Å². The Morgan fingerprint density at radius 1 is 1.21 bits per heavy atom. The Balaban J connectivity index is 2.55. The van der Waals surface area contributed by atoms with Gasteiger partial charge in [-0.3, -0.25) is 20.4 Å². The summed E-state index contributed by atoms with van der Waals surface area (Å²) < 4.78 is 4.95. The van der Waals surface area contributed by atoms with Crippen molar-refractivity contribution in [3.63, 3.8) is 0 Å². The number of carboxylic acid groups (broad SMARTS) is 1. The molecular formula is C12H12N2O5. The van der Waals surface area contributed by atoms with Crippen LogP contribution in [0.1, 0.15) is 10.4 Å². The molecule has 3 N–H and O–H groups in total. The second kappa shape index (κ2) is 6.80. The van der Waals surface area contributed by atoms with Gasteiger partial charge in [-0.1, -0.05) is 6.07 Å². The molecule has 7 heteroatoms. The zero-order valence-corrected chi connectivity index (χ0v) is 10.0. The molecule has 1 rings (SSSR count). The number of rotatable bonds is 4. The number of nitrogens with one attached hydrogen (secondary N) is 2. The van der Waals surface area contributed by atoms with E-state index < -0.39 is 17.8 Å². The first-order valence-electron chi connectivity index (χ1n) is 5.18. The van der Waals surface area contributed by atoms with Gasteiger partial charge in [0, 0.05) is 17.7 Å². The van der Waals surface area contributed by atoms with Gasteiger partial charge in [0.25, 0.3) is 11.8 Å². The molecule has 2 amide bonds. The second-order valence-electron chi connectivity index (χ2n) is 3.35. The fraction of sp³-hybridized carbons (Fsp3) is 0.0833. The molecule has 1 aromatic rings. The minimum absolute atomic E-state index is 0.293. The molecule has 0 saturated heterocycles. The summed E-state index contributed by atoms with van der Waals surface area (Å²) >= 11 is 0. The van der Waals surface area contributed by atoms with Gasteiger partial charge in [-0.15, -0.1) is 0 Å². The summed E-state index contributed by atoms with van der Waals surface area (Å²) in [6.45, 7) is 0. The van der Waals surface area contributed by atoms with Crippen LogP contribution in [0, 0.1) is 0 Å². The Morgan fingerprint density at radius 3 is 2.58 bits per heavy atom. The van der Waals surface area contributed by atoms with Gasteiger partial charge in [0.05, 0.1) is 7.11 Å². The molecule has 0 radical (unpaired) electrons. The molecule has 0 bridgehead atoms. The van der Waals surface area contributed by atoms with Crippen LogP contribution in [0.4, 0.5) is 0 Å². The number of carbonyl (C=O) groups is 3. The van der Waals surface area contributed by atoms with Gasteiger partial charge >= 0.3 is 5.97 Å². The van der Waals surface area contributed by atoms with Crippen LogP contribution in [0.2, 0.25) is 0 Å². The van der Waals surface area contributed by atoms with Gasteiger partial charge in [0.1, 0.15) is 5.75 Å². The van der Waals surface area contributed by atoms with E-state index in [1.54, 1.807) is 12.1 Å². The number of methoxy groups -OCH3 is 1. The molecule has 19 heavy (non-hydrogen) atoms. The Bertz CT molecular complexity index is 525. The highest BCUT2D eigenvalue weighted by atomic mass is 16.5. The average Bonchev–Trinajstić information content (AvgIpc) is 2.42. The Hall–Kier alpha value is -2.83. The van der Waals surface area contributed by atoms with Crippen LogP contribution in [0.15, 0.2) is 36.4 Å². The number of ether oxygens (including phenoxy) is 1. The van der Waals surface area contributed by atoms with Crippen molar-refractivity contribution in [3.05, 3.63) is 42.0 Å². The van der Waals surface area contributed by atoms with Crippen LogP contribution in [-0.2, 0) is 9.59 Å². The summed E-state index contributed by atoms with van der Waals surface area (Å²) in [5.41, 5.74) is 4.47. The zero-order chi connectivity index (χ0) is 14.3. The van der Waals surface area contributed by atoms with Crippen LogP contribution in [0.5, 0.6) is 5.75 Å². The first-order chi connectivity index (χ1) is 9.02. The normalized spacial score (nSPS) is 9.95. The fourth-order valence-corrected chi connectivity index (χ4v) is 1.14. The highest BCUT2D eigenvalue weighted by molar-refractivity contribution is 5.98. The average molecular weight is 264 g/mol. The van der Waals surface area contributed by atoms with Gasteiger partial charge in [-0.25, -0.2) is 4.79 Å². The van der Waals surface area contributed by atoms with E-state index >= 15 is 0 Å². The predicted molar refractivity (Wildman–Crippen MR) is 65.4 cm³/mol. The molecule has 0 aliphatic carbocycles. The predicted octanol–water partition coefficient (Wildman–Crippen LogP) is 0.0970. The summed E-state index contributed by atoms with van der Waals surface area (Å²) in [5.74, 6) is -2.05. The molecule has 0 aromatic heterocycles. The monoisotopic (exact) mass is 264 g/mol. The molecule has 0 fully saturated rings. The number of hydrogen-bond donors (Lipinski definition) is 3. The van der Waals surface area contributed by atoms with Crippen molar-refractivity contribution < 1.29 is 24.2 Å². The van der Waals surface area contributed by atoms with E-state index in [-0.39, 0.29) is 0 Å². The van der Waals surface area contributed by atoms with Crippen LogP contribution < -0.4 is 15.6 Å². The van der Waals surface area contributed by atoms with E-state index in [1.165, 1.54) is 19.2 Å². The third-order valence-corrected chi connectivity index (χ3v) is 2.01. The van der Waals surface area contributed by atoms with E-state index in [9.17, 15) is 14.4 Å². The lowest BCUT2D eigenvalue weighted by molar-refractivity contribution is -0.131. The number of aliphatic carboxylic acids is 1. The second-order valence-corrected chi connectivity index (χ2v) is 3.35. The van der Waals surface area contributed by atoms with Gasteiger partial charge in [0.15, 0.2) is 0 Å². The number of carboxylic acids is 1. The van der Waals surface area contributed by atoms with Crippen molar-refractivity contribution >= 4 is 17.8 Å². The fourth-order valence-electron chi connectivity index (χ4n) is 1.14. The van der Waals surface area contributed by atoms with Crippen molar-refractivity contribution in [2.24, 2.45) is 0 Å². The highest BCUT2D eigenvalue weighted by Crippen LogP contribution is 2.11. The lowest BCUT2D eigenvalue weighted by Crippen LogP contribution is -2.40. The van der Waals surface area contributed by atoms with Gasteiger partial charge < -0.3 is 9.84 Å². The van der Waals surface area contributed by atoms with Crippen LogP contribution in [0.3, 0.4) is 0 Å². The molecule has 7 nitrogen and oxygen atoms in total. The Morgan fingerprint density at radius 2 is 1.95 bits per heavy atom. The van der Waals surface area contributed by atoms with Crippen molar-refractivity contribution in [2.75, 3.05) is 7.11 Å². The molecule has 0 spiro atoms. The van der Waals surface area contributed by atoms with Crippen molar-refractivity contribution in [1.29, 1.82) is 0 Å². The van der Waals surface area contributed by atoms with E-state index in [4.69, 9.17) is 9.84 Å². The Kier molecular flexibility index (Phi) is 5.09. The summed E-state index contributed by atoms with van der Waals surface area (Å²) in [6.07, 6.45) is 1.45. The smallest absolute Gasteiger partial charge is 0.328 e. The standard InChI is InChI=1S/C12H12N2O5/c1-19-9-4-2-3-8(7-9)12(18)14-13-10(15)5-6-11(16)17/h2-7H,1H3,(H,13,15)(H,14,18)(H,16,17)/b6-5+. The maximum atomic E-state index is 11.6. The molecule has 1 aromatic carbocycles. The zero-order valence-electron chi connectivity index (χ0n) is 10.0. The molecule has 100 valence electrons. The van der Waals surface area contributed by atoms with Gasteiger partial charge in [-0.05, 0) is 18.2 Å². The molecule has 0 unspecified atom stereocenters. The minimum Gasteiger partial charge on any atom is -0.497 e. The Labute approximate surface area is 108 Å². The molecule has 0 heterocycles. The van der Waals surface area contributed by atoms with Crippen molar-refractivity contribution in [3.8, 4) is 5.75 Å². The summed E-state index contributed by atoms with van der Waals surface area (Å²) in [6, 6.07) is 6.33. The largest absolute Gasteiger partial charge is 0.497 e. The van der Waals surface area contributed by atoms with Crippen LogP contribution >= 0.6 is 0 Å². The summed E-state index contributed by atoms with van der Waals surface area (Å²) in [4.78, 5) is 32.9. The maximum Gasteiger partial charge on any atom is 0.328 e. The van der Waals surface area contributed by atoms with Gasteiger partial charge in [0.2, 0.25) is 0 Å². The summed E-state index contributed by atoms with van der Waals surface area (Å²) in [5, 5.41) is 8.31. The summed E-state index contributed by atoms with van der Waals surface area (Å²) in [7, 11) is 1.47. The van der Waals surface area contributed by atoms with E-state index in [0.717, 1.165) is 6.08 Å². The number of hydrazine groups is 1. The molecule has 0 aliphatic heterocycles. The SMILES string of the molecule is COc1cccc(C(=O)NNC(=O)/C=C/C(=O)O)c1. The molecule has 0 atom stereocenters. The van der Waals surface area contributed by atoms with Crippen LogP contribution in [-0.4, -0.2) is 30.0 Å². The maximum absolute atomic E-state index is 11.6. The molecule has 0 aliphatic rings. The van der Waals surface area contributed by atoms with E-state index in [2.05, 4.69) is 5.43 Å². The van der Waals surface area contributed by atoms with Crippen molar-refractivity contribution in [2.45, 2.75) is 0 Å². The minimum atomic E-state index is -1.26. The first kappa shape index (κ1) is 14.2. The quantitative estimate of drug-likeness (QED) is 0.528. The number of carbonyl (C=O) groups excluding carboxylic acids is 2. The van der Waals surface area contributed by atoms with Gasteiger partial charge in [-0.2, -0.15) is 0 Å². The number of hydrogen-bond acceptors (Lipinski definition) is 4. The molecular weight excluding hydrogens is 252 g/mol. The third-order valence-electron chi connectivity index (χ3n) is 2.01.